The van der Waals surface area contributed by atoms with Crippen LogP contribution in [0.1, 0.15) is 22.3 Å². The lowest BCUT2D eigenvalue weighted by atomic mass is 10.1. The molecule has 0 spiro atoms. The lowest BCUT2D eigenvalue weighted by molar-refractivity contribution is 0.0774. The molecule has 20 heavy (non-hydrogen) atoms. The highest BCUT2D eigenvalue weighted by Gasteiger charge is 2.16. The molecule has 5 heteroatoms. The van der Waals surface area contributed by atoms with Crippen molar-refractivity contribution in [3.63, 3.8) is 0 Å². The summed E-state index contributed by atoms with van der Waals surface area (Å²) in [4.78, 5) is 13.6. The summed E-state index contributed by atoms with van der Waals surface area (Å²) in [7, 11) is 3.20. The first-order chi connectivity index (χ1) is 9.60. The van der Waals surface area contributed by atoms with Gasteiger partial charge in [0.25, 0.3) is 5.91 Å². The highest BCUT2D eigenvalue weighted by Crippen LogP contribution is 2.12. The minimum atomic E-state index is -0.580. The van der Waals surface area contributed by atoms with Crippen LogP contribution in [0, 0.1) is 17.7 Å². The summed E-state index contributed by atoms with van der Waals surface area (Å²) >= 11 is 0. The molecule has 0 heterocycles. The van der Waals surface area contributed by atoms with Gasteiger partial charge in [0.2, 0.25) is 0 Å². The first-order valence-corrected chi connectivity index (χ1v) is 6.23. The standard InChI is InChI=1S/C15H18FNO3/c1-17(8-4-10-20-2)15(19)13-11-12(5-3-9-18)6-7-14(13)16/h6-7,11,18H,4,8-10H2,1-2H3. The maximum Gasteiger partial charge on any atom is 0.256 e. The van der Waals surface area contributed by atoms with Crippen molar-refractivity contribution in [2.45, 2.75) is 6.42 Å². The highest BCUT2D eigenvalue weighted by molar-refractivity contribution is 5.94. The molecule has 1 aromatic rings. The molecule has 0 saturated heterocycles. The topological polar surface area (TPSA) is 49.8 Å². The molecule has 0 aliphatic carbocycles. The van der Waals surface area contributed by atoms with E-state index in [0.29, 0.717) is 25.1 Å². The summed E-state index contributed by atoms with van der Waals surface area (Å²) in [5.74, 6) is 4.14. The largest absolute Gasteiger partial charge is 0.385 e. The number of amides is 1. The second-order valence-electron chi connectivity index (χ2n) is 4.23. The van der Waals surface area contributed by atoms with E-state index in [1.165, 1.54) is 23.1 Å². The molecular weight excluding hydrogens is 261 g/mol. The van der Waals surface area contributed by atoms with Gasteiger partial charge in [0.15, 0.2) is 0 Å². The van der Waals surface area contributed by atoms with Crippen LogP contribution >= 0.6 is 0 Å². The third kappa shape index (κ3) is 4.65. The summed E-state index contributed by atoms with van der Waals surface area (Å²) in [6.07, 6.45) is 0.685. The van der Waals surface area contributed by atoms with E-state index >= 15 is 0 Å². The van der Waals surface area contributed by atoms with Gasteiger partial charge < -0.3 is 14.7 Å². The minimum absolute atomic E-state index is 0.0188. The van der Waals surface area contributed by atoms with Gasteiger partial charge in [-0.25, -0.2) is 4.39 Å². The van der Waals surface area contributed by atoms with Gasteiger partial charge >= 0.3 is 0 Å². The number of carbonyl (C=O) groups excluding carboxylic acids is 1. The van der Waals surface area contributed by atoms with Crippen LogP contribution in [0.2, 0.25) is 0 Å². The van der Waals surface area contributed by atoms with Crippen molar-refractivity contribution in [2.75, 3.05) is 33.9 Å². The first-order valence-electron chi connectivity index (χ1n) is 6.23. The SMILES string of the molecule is COCCCN(C)C(=O)c1cc(C#CCO)ccc1F. The molecule has 1 N–H and O–H groups in total. The molecule has 1 rings (SSSR count). The van der Waals surface area contributed by atoms with Crippen LogP contribution < -0.4 is 0 Å². The maximum atomic E-state index is 13.7. The van der Waals surface area contributed by atoms with Crippen LogP contribution in [0.25, 0.3) is 0 Å². The van der Waals surface area contributed by atoms with E-state index < -0.39 is 11.7 Å². The van der Waals surface area contributed by atoms with Crippen molar-refractivity contribution in [2.24, 2.45) is 0 Å². The third-order valence-electron chi connectivity index (χ3n) is 2.70. The quantitative estimate of drug-likeness (QED) is 0.652. The fourth-order valence-electron chi connectivity index (χ4n) is 1.66. The average molecular weight is 279 g/mol. The number of aliphatic hydroxyl groups is 1. The molecule has 108 valence electrons. The second kappa shape index (κ2) is 8.31. The number of hydrogen-bond acceptors (Lipinski definition) is 3. The van der Waals surface area contributed by atoms with Gasteiger partial charge in [0.1, 0.15) is 12.4 Å². The van der Waals surface area contributed by atoms with Gasteiger partial charge in [-0.05, 0) is 24.6 Å². The zero-order valence-corrected chi connectivity index (χ0v) is 11.6. The van der Waals surface area contributed by atoms with E-state index in [2.05, 4.69) is 11.8 Å². The Kier molecular flexibility index (Phi) is 6.71. The lowest BCUT2D eigenvalue weighted by Gasteiger charge is -2.17. The zero-order valence-electron chi connectivity index (χ0n) is 11.6. The van der Waals surface area contributed by atoms with Crippen molar-refractivity contribution in [1.29, 1.82) is 0 Å². The van der Waals surface area contributed by atoms with Crippen LogP contribution in [-0.4, -0.2) is 49.8 Å². The molecule has 0 aromatic heterocycles. The molecule has 0 aliphatic rings. The Balaban J connectivity index is 2.85. The van der Waals surface area contributed by atoms with Gasteiger partial charge in [-0.1, -0.05) is 11.8 Å². The Morgan fingerprint density at radius 2 is 2.25 bits per heavy atom. The van der Waals surface area contributed by atoms with Gasteiger partial charge in [0.05, 0.1) is 5.56 Å². The average Bonchev–Trinajstić information content (AvgIpc) is 2.45. The van der Waals surface area contributed by atoms with E-state index in [1.807, 2.05) is 0 Å². The summed E-state index contributed by atoms with van der Waals surface area (Å²) in [5.41, 5.74) is 0.476. The Morgan fingerprint density at radius 3 is 2.90 bits per heavy atom. The fraction of sp³-hybridized carbons (Fsp3) is 0.400. The van der Waals surface area contributed by atoms with Crippen LogP contribution in [0.15, 0.2) is 18.2 Å². The Morgan fingerprint density at radius 1 is 1.50 bits per heavy atom. The molecule has 1 amide bonds. The van der Waals surface area contributed by atoms with E-state index in [-0.39, 0.29) is 12.2 Å². The maximum absolute atomic E-state index is 13.7. The van der Waals surface area contributed by atoms with Crippen LogP contribution in [0.5, 0.6) is 0 Å². The number of ether oxygens (including phenoxy) is 1. The fourth-order valence-corrected chi connectivity index (χ4v) is 1.66. The third-order valence-corrected chi connectivity index (χ3v) is 2.70. The second-order valence-corrected chi connectivity index (χ2v) is 4.23. The van der Waals surface area contributed by atoms with E-state index in [9.17, 15) is 9.18 Å². The molecule has 0 atom stereocenters. The molecule has 4 nitrogen and oxygen atoms in total. The summed E-state index contributed by atoms with van der Waals surface area (Å²) in [6.45, 7) is 0.748. The number of hydrogen-bond donors (Lipinski definition) is 1. The predicted octanol–water partition coefficient (Wildman–Crippen LogP) is 1.28. The molecule has 0 aliphatic heterocycles. The highest BCUT2D eigenvalue weighted by atomic mass is 19.1. The van der Waals surface area contributed by atoms with E-state index in [1.54, 1.807) is 14.2 Å². The molecule has 0 bridgehead atoms. The van der Waals surface area contributed by atoms with E-state index in [0.717, 1.165) is 0 Å². The van der Waals surface area contributed by atoms with Crippen molar-refractivity contribution in [3.8, 4) is 11.8 Å². The summed E-state index contributed by atoms with van der Waals surface area (Å²) in [5, 5.41) is 8.63. The Bertz CT molecular complexity index is 520. The number of benzene rings is 1. The normalized spacial score (nSPS) is 9.80. The zero-order chi connectivity index (χ0) is 15.0. The summed E-state index contributed by atoms with van der Waals surface area (Å²) < 4.78 is 18.6. The summed E-state index contributed by atoms with van der Waals surface area (Å²) in [6, 6.07) is 4.07. The number of aliphatic hydroxyl groups excluding tert-OH is 1. The molecule has 0 unspecified atom stereocenters. The van der Waals surface area contributed by atoms with Crippen LogP contribution in [0.3, 0.4) is 0 Å². The monoisotopic (exact) mass is 279 g/mol. The van der Waals surface area contributed by atoms with Crippen molar-refractivity contribution < 1.29 is 19.0 Å². The molecular formula is C15H18FNO3. The minimum Gasteiger partial charge on any atom is -0.385 e. The molecule has 0 radical (unpaired) electrons. The molecule has 1 aromatic carbocycles. The predicted molar refractivity (Wildman–Crippen MR) is 73.8 cm³/mol. The van der Waals surface area contributed by atoms with Gasteiger partial charge in [0, 0.05) is 32.9 Å². The van der Waals surface area contributed by atoms with Gasteiger partial charge in [-0.2, -0.15) is 0 Å². The van der Waals surface area contributed by atoms with E-state index in [4.69, 9.17) is 9.84 Å². The molecule has 0 saturated carbocycles. The van der Waals surface area contributed by atoms with Gasteiger partial charge in [-0.3, -0.25) is 4.79 Å². The lowest BCUT2D eigenvalue weighted by Crippen LogP contribution is -2.29. The van der Waals surface area contributed by atoms with Gasteiger partial charge in [-0.15, -0.1) is 0 Å². The van der Waals surface area contributed by atoms with Crippen molar-refractivity contribution in [1.82, 2.24) is 4.90 Å². The van der Waals surface area contributed by atoms with Crippen LogP contribution in [0.4, 0.5) is 4.39 Å². The van der Waals surface area contributed by atoms with Crippen molar-refractivity contribution >= 4 is 5.91 Å². The van der Waals surface area contributed by atoms with Crippen molar-refractivity contribution in [3.05, 3.63) is 35.1 Å². The Labute approximate surface area is 118 Å². The number of rotatable bonds is 5. The smallest absolute Gasteiger partial charge is 0.256 e. The Hall–Kier alpha value is -1.90. The number of methoxy groups -OCH3 is 1. The number of halogens is 1. The molecule has 0 fully saturated rings. The van der Waals surface area contributed by atoms with Crippen LogP contribution in [-0.2, 0) is 4.74 Å². The number of nitrogens with zero attached hydrogens (tertiary/aromatic N) is 1. The number of carbonyl (C=O) groups is 1. The first kappa shape index (κ1) is 16.2.